The van der Waals surface area contributed by atoms with Crippen LogP contribution in [0.3, 0.4) is 0 Å². The highest BCUT2D eigenvalue weighted by Gasteiger charge is 2.50. The third-order valence-electron chi connectivity index (χ3n) is 8.98. The molecule has 3 fully saturated rings. The van der Waals surface area contributed by atoms with Crippen LogP contribution in [0.5, 0.6) is 11.8 Å². The van der Waals surface area contributed by atoms with Crippen LogP contribution < -0.4 is 19.3 Å². The van der Waals surface area contributed by atoms with Crippen molar-refractivity contribution in [3.63, 3.8) is 0 Å². The summed E-state index contributed by atoms with van der Waals surface area (Å²) in [6.07, 6.45) is 1.50. The summed E-state index contributed by atoms with van der Waals surface area (Å²) in [5, 5.41) is 10.2. The monoisotopic (exact) mass is 649 g/mol. The van der Waals surface area contributed by atoms with Crippen LogP contribution in [0.25, 0.3) is 22.5 Å². The molecule has 3 aliphatic heterocycles. The Labute approximate surface area is 268 Å². The van der Waals surface area contributed by atoms with E-state index in [9.17, 15) is 18.7 Å². The number of anilines is 2. The highest BCUT2D eigenvalue weighted by Crippen LogP contribution is 2.41. The predicted molar refractivity (Wildman–Crippen MR) is 165 cm³/mol. The van der Waals surface area contributed by atoms with Gasteiger partial charge in [0.25, 0.3) is 6.43 Å². The molecule has 7 rings (SSSR count). The van der Waals surface area contributed by atoms with Gasteiger partial charge in [0.2, 0.25) is 11.8 Å². The summed E-state index contributed by atoms with van der Waals surface area (Å²) in [5.41, 5.74) is 2.60. The molecule has 0 radical (unpaired) electrons. The summed E-state index contributed by atoms with van der Waals surface area (Å²) in [6.45, 7) is 4.13. The summed E-state index contributed by atoms with van der Waals surface area (Å²) >= 11 is 0. The number of ether oxygens (including phenoxy) is 4. The van der Waals surface area contributed by atoms with Crippen molar-refractivity contribution in [2.24, 2.45) is 0 Å². The summed E-state index contributed by atoms with van der Waals surface area (Å²) in [6, 6.07) is 9.39. The predicted octanol–water partition coefficient (Wildman–Crippen LogP) is 3.98. The molecule has 0 unspecified atom stereocenters. The largest absolute Gasteiger partial charge is 0.481 e. The number of aliphatic carboxylic acids is 1. The van der Waals surface area contributed by atoms with Gasteiger partial charge in [-0.25, -0.2) is 33.5 Å². The van der Waals surface area contributed by atoms with Crippen LogP contribution in [0.4, 0.5) is 20.3 Å². The molecule has 0 aromatic carbocycles. The zero-order valence-electron chi connectivity index (χ0n) is 25.7. The molecule has 0 amide bonds. The topological polar surface area (TPSA) is 148 Å². The van der Waals surface area contributed by atoms with Crippen molar-refractivity contribution < 1.29 is 37.6 Å². The van der Waals surface area contributed by atoms with Crippen LogP contribution in [-0.4, -0.2) is 99.8 Å². The minimum absolute atomic E-state index is 0.0719. The molecule has 3 saturated heterocycles. The average molecular weight is 650 g/mol. The fourth-order valence-electron chi connectivity index (χ4n) is 6.32. The first-order chi connectivity index (χ1) is 22.7. The molecule has 2 N–H and O–H groups in total. The molecule has 246 valence electrons. The number of pyridine rings is 2. The standard InChI is InChI=1S/C32H33F2N7O6/c1-18-32(16-45-17-32)46-9-8-40(18)24-10-20(19-5-6-27(44-2)36-13-19)14-37-30(24)47-21-11-25(31(42)43)41(15-21)26-12-23(22-4-3-7-35-22)38-29(39-26)28(33)34/h3-7,10,12-14,18,21,25,28,35H,8-9,11,15-17H2,1-2H3,(H,42,43)/t18-,21-,25-/m0/s1. The van der Waals surface area contributed by atoms with Gasteiger partial charge in [0.15, 0.2) is 5.82 Å². The molecule has 13 nitrogen and oxygen atoms in total. The number of carboxylic acids is 1. The van der Waals surface area contributed by atoms with Crippen LogP contribution in [0, 0.1) is 0 Å². The van der Waals surface area contributed by atoms with Gasteiger partial charge in [-0.05, 0) is 31.2 Å². The van der Waals surface area contributed by atoms with Crippen molar-refractivity contribution >= 4 is 17.5 Å². The number of morpholine rings is 1. The van der Waals surface area contributed by atoms with Crippen molar-refractivity contribution in [2.45, 2.75) is 43.6 Å². The maximum Gasteiger partial charge on any atom is 0.326 e. The van der Waals surface area contributed by atoms with E-state index in [-0.39, 0.29) is 30.5 Å². The van der Waals surface area contributed by atoms with Gasteiger partial charge in [-0.2, -0.15) is 0 Å². The van der Waals surface area contributed by atoms with Crippen molar-refractivity contribution in [3.8, 4) is 34.3 Å². The third kappa shape index (κ3) is 5.80. The number of hydrogen-bond donors (Lipinski definition) is 2. The van der Waals surface area contributed by atoms with Crippen LogP contribution in [0.1, 0.15) is 25.6 Å². The van der Waals surface area contributed by atoms with Crippen LogP contribution in [0.15, 0.2) is 55.0 Å². The first-order valence-corrected chi connectivity index (χ1v) is 15.2. The highest BCUT2D eigenvalue weighted by atomic mass is 19.3. The number of halogens is 2. The second kappa shape index (κ2) is 12.4. The molecule has 1 spiro atoms. The minimum atomic E-state index is -2.95. The van der Waals surface area contributed by atoms with E-state index >= 15 is 0 Å². The van der Waals surface area contributed by atoms with E-state index in [1.807, 2.05) is 12.1 Å². The van der Waals surface area contributed by atoms with Crippen molar-refractivity contribution in [1.29, 1.82) is 0 Å². The molecule has 3 aliphatic rings. The van der Waals surface area contributed by atoms with Crippen molar-refractivity contribution in [2.75, 3.05) is 49.8 Å². The number of aromatic amines is 1. The number of nitrogens with zero attached hydrogens (tertiary/aromatic N) is 6. The Bertz CT molecular complexity index is 1740. The number of H-pyrrole nitrogens is 1. The molecule has 3 atom stereocenters. The second-order valence-corrected chi connectivity index (χ2v) is 11.7. The highest BCUT2D eigenvalue weighted by molar-refractivity contribution is 5.79. The summed E-state index contributed by atoms with van der Waals surface area (Å²) in [4.78, 5) is 36.2. The molecular weight excluding hydrogens is 616 g/mol. The number of carboxylic acid groups (broad SMARTS) is 1. The fraction of sp³-hybridized carbons (Fsp3) is 0.406. The van der Waals surface area contributed by atoms with Gasteiger partial charge in [0, 0.05) is 54.8 Å². The lowest BCUT2D eigenvalue weighted by molar-refractivity contribution is -0.228. The Morgan fingerprint density at radius 1 is 1.13 bits per heavy atom. The Balaban J connectivity index is 1.22. The van der Waals surface area contributed by atoms with E-state index < -0.39 is 36.0 Å². The Morgan fingerprint density at radius 3 is 2.62 bits per heavy atom. The fourth-order valence-corrected chi connectivity index (χ4v) is 6.32. The second-order valence-electron chi connectivity index (χ2n) is 11.7. The van der Waals surface area contributed by atoms with E-state index in [4.69, 9.17) is 23.9 Å². The molecular formula is C32H33F2N7O6. The van der Waals surface area contributed by atoms with Crippen LogP contribution >= 0.6 is 0 Å². The van der Waals surface area contributed by atoms with Gasteiger partial charge in [-0.1, -0.05) is 0 Å². The summed E-state index contributed by atoms with van der Waals surface area (Å²) < 4.78 is 51.1. The van der Waals surface area contributed by atoms with Crippen LogP contribution in [-0.2, 0) is 14.3 Å². The van der Waals surface area contributed by atoms with Gasteiger partial charge in [0.1, 0.15) is 29.3 Å². The molecule has 0 bridgehead atoms. The number of nitrogens with one attached hydrogen (secondary N) is 1. The lowest BCUT2D eigenvalue weighted by Gasteiger charge is -2.53. The Hall–Kier alpha value is -4.89. The number of carbonyl (C=O) groups is 1. The summed E-state index contributed by atoms with van der Waals surface area (Å²) in [5.74, 6) is -0.942. The van der Waals surface area contributed by atoms with E-state index in [2.05, 4.69) is 31.8 Å². The maximum absolute atomic E-state index is 13.9. The average Bonchev–Trinajstić information content (AvgIpc) is 3.76. The quantitative estimate of drug-likeness (QED) is 0.270. The molecule has 15 heteroatoms. The van der Waals surface area contributed by atoms with Crippen LogP contribution in [0.2, 0.25) is 0 Å². The number of hydrogen-bond acceptors (Lipinski definition) is 11. The smallest absolute Gasteiger partial charge is 0.326 e. The number of methoxy groups -OCH3 is 1. The zero-order chi connectivity index (χ0) is 32.7. The van der Waals surface area contributed by atoms with Gasteiger partial charge >= 0.3 is 5.97 Å². The number of rotatable bonds is 9. The first-order valence-electron chi connectivity index (χ1n) is 15.2. The molecule has 0 saturated carbocycles. The lowest BCUT2D eigenvalue weighted by atomic mass is 9.90. The minimum Gasteiger partial charge on any atom is -0.481 e. The van der Waals surface area contributed by atoms with E-state index in [1.54, 1.807) is 43.9 Å². The van der Waals surface area contributed by atoms with E-state index in [0.29, 0.717) is 49.5 Å². The molecule has 4 aromatic heterocycles. The number of aromatic nitrogens is 5. The van der Waals surface area contributed by atoms with Gasteiger partial charge in [0.05, 0.1) is 50.9 Å². The normalized spacial score (nSPS) is 22.0. The van der Waals surface area contributed by atoms with Gasteiger partial charge in [-0.15, -0.1) is 0 Å². The van der Waals surface area contributed by atoms with E-state index in [0.717, 1.165) is 11.1 Å². The zero-order valence-corrected chi connectivity index (χ0v) is 25.7. The van der Waals surface area contributed by atoms with E-state index in [1.165, 1.54) is 11.0 Å². The maximum atomic E-state index is 13.9. The van der Waals surface area contributed by atoms with Gasteiger partial charge < -0.3 is 38.8 Å². The number of alkyl halides is 2. The first kappa shape index (κ1) is 30.7. The molecule has 7 heterocycles. The molecule has 4 aromatic rings. The SMILES string of the molecule is COc1ccc(-c2cnc(O[C@H]3C[C@@H](C(=O)O)N(c4cc(-c5ccc[nH]5)nc(C(F)F)n4)C3)c(N3CCOC4(COC4)[C@@H]3C)c2)cn1. The molecule has 0 aliphatic carbocycles. The Kier molecular flexibility index (Phi) is 8.09. The lowest BCUT2D eigenvalue weighted by Crippen LogP contribution is -2.68. The van der Waals surface area contributed by atoms with Gasteiger partial charge in [-0.3, -0.25) is 0 Å². The molecule has 47 heavy (non-hydrogen) atoms. The van der Waals surface area contributed by atoms with Crippen molar-refractivity contribution in [3.05, 3.63) is 60.8 Å². The summed E-state index contributed by atoms with van der Waals surface area (Å²) in [7, 11) is 1.55. The Morgan fingerprint density at radius 2 is 1.96 bits per heavy atom. The van der Waals surface area contributed by atoms with Crippen molar-refractivity contribution in [1.82, 2.24) is 24.9 Å². The third-order valence-corrected chi connectivity index (χ3v) is 8.98.